The van der Waals surface area contributed by atoms with E-state index in [1.54, 1.807) is 18.5 Å². The number of pyridine rings is 1. The second-order valence-electron chi connectivity index (χ2n) is 9.43. The fourth-order valence-corrected chi connectivity index (χ4v) is 5.36. The molecule has 6 heteroatoms. The van der Waals surface area contributed by atoms with Gasteiger partial charge in [0.2, 0.25) is 0 Å². The number of para-hydroxylation sites is 1. The minimum absolute atomic E-state index is 0.0195. The molecule has 0 unspecified atom stereocenters. The molecule has 0 bridgehead atoms. The fourth-order valence-electron chi connectivity index (χ4n) is 5.36. The molecule has 0 saturated carbocycles. The first-order valence-electron chi connectivity index (χ1n) is 11.9. The van der Waals surface area contributed by atoms with Gasteiger partial charge < -0.3 is 10.2 Å². The minimum Gasteiger partial charge on any atom is -0.350 e. The van der Waals surface area contributed by atoms with Crippen molar-refractivity contribution in [1.29, 1.82) is 0 Å². The maximum atomic E-state index is 13.4. The SMILES string of the molecule is Cc1cc(C)cc(C(=O)NC[C@H]2CC[C@H]3CN(C(=O)c4cccnc4)c4ccccc4CN23)c1. The largest absolute Gasteiger partial charge is 0.350 e. The van der Waals surface area contributed by atoms with Crippen molar-refractivity contribution >= 4 is 17.5 Å². The Morgan fingerprint density at radius 1 is 1.00 bits per heavy atom. The average Bonchev–Trinajstić information content (AvgIpc) is 3.13. The zero-order valence-corrected chi connectivity index (χ0v) is 19.7. The molecule has 5 rings (SSSR count). The van der Waals surface area contributed by atoms with Crippen molar-refractivity contribution in [3.63, 3.8) is 0 Å². The van der Waals surface area contributed by atoms with Crippen LogP contribution in [0.5, 0.6) is 0 Å². The highest BCUT2D eigenvalue weighted by atomic mass is 16.2. The van der Waals surface area contributed by atoms with E-state index >= 15 is 0 Å². The lowest BCUT2D eigenvalue weighted by Gasteiger charge is -2.29. The van der Waals surface area contributed by atoms with E-state index in [0.29, 0.717) is 24.2 Å². The van der Waals surface area contributed by atoms with Gasteiger partial charge in [-0.25, -0.2) is 0 Å². The highest BCUT2D eigenvalue weighted by Crippen LogP contribution is 2.35. The third-order valence-corrected chi connectivity index (χ3v) is 6.94. The third-order valence-electron chi connectivity index (χ3n) is 6.94. The van der Waals surface area contributed by atoms with Crippen molar-refractivity contribution < 1.29 is 9.59 Å². The summed E-state index contributed by atoms with van der Waals surface area (Å²) in [5.74, 6) is -0.0483. The van der Waals surface area contributed by atoms with E-state index in [0.717, 1.165) is 41.8 Å². The van der Waals surface area contributed by atoms with Crippen molar-refractivity contribution in [3.8, 4) is 0 Å². The number of carbonyl (C=O) groups excluding carboxylic acids is 2. The molecule has 1 aromatic heterocycles. The molecule has 2 aliphatic rings. The summed E-state index contributed by atoms with van der Waals surface area (Å²) in [7, 11) is 0. The van der Waals surface area contributed by atoms with Gasteiger partial charge >= 0.3 is 0 Å². The maximum Gasteiger partial charge on any atom is 0.259 e. The molecule has 0 spiro atoms. The Morgan fingerprint density at radius 3 is 2.56 bits per heavy atom. The van der Waals surface area contributed by atoms with E-state index in [4.69, 9.17) is 0 Å². The van der Waals surface area contributed by atoms with Gasteiger partial charge in [0.25, 0.3) is 11.8 Å². The quantitative estimate of drug-likeness (QED) is 0.644. The van der Waals surface area contributed by atoms with Gasteiger partial charge in [-0.05, 0) is 62.6 Å². The minimum atomic E-state index is -0.0288. The van der Waals surface area contributed by atoms with Crippen LogP contribution in [0.25, 0.3) is 0 Å². The van der Waals surface area contributed by atoms with E-state index in [2.05, 4.69) is 27.3 Å². The number of rotatable bonds is 4. The molecule has 2 aliphatic heterocycles. The smallest absolute Gasteiger partial charge is 0.259 e. The number of aryl methyl sites for hydroxylation is 2. The summed E-state index contributed by atoms with van der Waals surface area (Å²) in [4.78, 5) is 34.8. The number of nitrogens with zero attached hydrogens (tertiary/aromatic N) is 3. The number of hydrogen-bond acceptors (Lipinski definition) is 4. The summed E-state index contributed by atoms with van der Waals surface area (Å²) >= 11 is 0. The molecule has 2 aromatic carbocycles. The topological polar surface area (TPSA) is 65.5 Å². The number of benzene rings is 2. The Kier molecular flexibility index (Phi) is 6.16. The van der Waals surface area contributed by atoms with E-state index in [1.807, 2.05) is 55.1 Å². The van der Waals surface area contributed by atoms with Crippen molar-refractivity contribution in [2.75, 3.05) is 18.0 Å². The molecular formula is C28H30N4O2. The number of nitrogens with one attached hydrogen (secondary N) is 1. The van der Waals surface area contributed by atoms with Crippen LogP contribution >= 0.6 is 0 Å². The lowest BCUT2D eigenvalue weighted by atomic mass is 10.1. The van der Waals surface area contributed by atoms with Gasteiger partial charge in [0.05, 0.1) is 5.56 Å². The number of fused-ring (bicyclic) bond motifs is 2. The maximum absolute atomic E-state index is 13.4. The van der Waals surface area contributed by atoms with Crippen molar-refractivity contribution in [1.82, 2.24) is 15.2 Å². The third kappa shape index (κ3) is 4.46. The number of anilines is 1. The number of aromatic nitrogens is 1. The molecule has 1 N–H and O–H groups in total. The van der Waals surface area contributed by atoms with Crippen LogP contribution in [-0.4, -0.2) is 46.9 Å². The highest BCUT2D eigenvalue weighted by molar-refractivity contribution is 6.06. The van der Waals surface area contributed by atoms with Gasteiger partial charge in [0.15, 0.2) is 0 Å². The normalized spacial score (nSPS) is 19.8. The van der Waals surface area contributed by atoms with E-state index in [-0.39, 0.29) is 23.9 Å². The molecule has 174 valence electrons. The molecule has 6 nitrogen and oxygen atoms in total. The summed E-state index contributed by atoms with van der Waals surface area (Å²) in [6, 6.07) is 18.2. The average molecular weight is 455 g/mol. The van der Waals surface area contributed by atoms with Crippen LogP contribution in [0.15, 0.2) is 67.0 Å². The van der Waals surface area contributed by atoms with Crippen LogP contribution in [0.1, 0.15) is 50.2 Å². The summed E-state index contributed by atoms with van der Waals surface area (Å²) in [5, 5.41) is 3.16. The molecule has 1 saturated heterocycles. The Hall–Kier alpha value is -3.51. The first-order valence-corrected chi connectivity index (χ1v) is 11.9. The number of carbonyl (C=O) groups is 2. The molecule has 0 radical (unpaired) electrons. The highest BCUT2D eigenvalue weighted by Gasteiger charge is 2.39. The standard InChI is InChI=1S/C28H30N4O2/c1-19-12-20(2)14-23(13-19)27(33)30-16-24-9-10-25-18-32(28(34)21-7-5-11-29-15-21)26-8-4-3-6-22(26)17-31(24)25/h3-8,11-15,24-25H,9-10,16-18H2,1-2H3,(H,30,33)/t24-,25+/m1/s1. The summed E-state index contributed by atoms with van der Waals surface area (Å²) in [6.07, 6.45) is 5.31. The molecule has 2 amide bonds. The Labute approximate surface area is 200 Å². The Morgan fingerprint density at radius 2 is 1.79 bits per heavy atom. The van der Waals surface area contributed by atoms with Gasteiger partial charge in [-0.1, -0.05) is 35.4 Å². The molecule has 0 aliphatic carbocycles. The van der Waals surface area contributed by atoms with E-state index < -0.39 is 0 Å². The Bertz CT molecular complexity index is 1190. The van der Waals surface area contributed by atoms with E-state index in [9.17, 15) is 9.59 Å². The van der Waals surface area contributed by atoms with Crippen LogP contribution < -0.4 is 10.2 Å². The van der Waals surface area contributed by atoms with Crippen LogP contribution in [0.2, 0.25) is 0 Å². The van der Waals surface area contributed by atoms with Crippen LogP contribution in [-0.2, 0) is 6.54 Å². The summed E-state index contributed by atoms with van der Waals surface area (Å²) in [6.45, 7) is 6.02. The van der Waals surface area contributed by atoms with Crippen molar-refractivity contribution in [2.24, 2.45) is 0 Å². The number of amides is 2. The van der Waals surface area contributed by atoms with Gasteiger partial charge in [-0.2, -0.15) is 0 Å². The fraction of sp³-hybridized carbons (Fsp3) is 0.321. The van der Waals surface area contributed by atoms with Gasteiger partial charge in [0, 0.05) is 55.4 Å². The number of hydrogen-bond donors (Lipinski definition) is 1. The van der Waals surface area contributed by atoms with Crippen molar-refractivity contribution in [2.45, 2.75) is 45.3 Å². The zero-order chi connectivity index (χ0) is 23.7. The lowest BCUT2D eigenvalue weighted by molar-refractivity contribution is 0.0933. The van der Waals surface area contributed by atoms with E-state index in [1.165, 1.54) is 0 Å². The monoisotopic (exact) mass is 454 g/mol. The van der Waals surface area contributed by atoms with Gasteiger partial charge in [0.1, 0.15) is 0 Å². The van der Waals surface area contributed by atoms with Gasteiger partial charge in [-0.3, -0.25) is 19.5 Å². The zero-order valence-electron chi connectivity index (χ0n) is 19.7. The predicted octanol–water partition coefficient (Wildman–Crippen LogP) is 4.12. The molecule has 2 atom stereocenters. The molecule has 1 fully saturated rings. The molecular weight excluding hydrogens is 424 g/mol. The van der Waals surface area contributed by atoms with Crippen LogP contribution in [0.3, 0.4) is 0 Å². The summed E-state index contributed by atoms with van der Waals surface area (Å²) in [5.41, 5.74) is 5.59. The van der Waals surface area contributed by atoms with Gasteiger partial charge in [-0.15, -0.1) is 0 Å². The van der Waals surface area contributed by atoms with Crippen molar-refractivity contribution in [3.05, 3.63) is 94.8 Å². The Balaban J connectivity index is 1.34. The lowest BCUT2D eigenvalue weighted by Crippen LogP contribution is -2.45. The second-order valence-corrected chi connectivity index (χ2v) is 9.43. The second kappa shape index (κ2) is 9.39. The summed E-state index contributed by atoms with van der Waals surface area (Å²) < 4.78 is 0. The molecule has 34 heavy (non-hydrogen) atoms. The first-order chi connectivity index (χ1) is 16.5. The first kappa shape index (κ1) is 22.3. The van der Waals surface area contributed by atoms with Crippen LogP contribution in [0.4, 0.5) is 5.69 Å². The predicted molar refractivity (Wildman–Crippen MR) is 133 cm³/mol. The van der Waals surface area contributed by atoms with Crippen LogP contribution in [0, 0.1) is 13.8 Å². The molecule has 3 heterocycles. The molecule has 3 aromatic rings.